The van der Waals surface area contributed by atoms with Crippen LogP contribution in [0.15, 0.2) is 47.3 Å². The molecule has 0 radical (unpaired) electrons. The standard InChI is InChI=1S/C27H29N3O4/c1-17-5-2-3-6-21(17)27(13-25(33)30(26(27)34)20-9-10-20)12-24(32)28-14-18-11-19(16-28)22-7-4-8-23(31)29(22)15-18/h2-8,18-20H,9-16H2,1H3. The lowest BCUT2D eigenvalue weighted by molar-refractivity contribution is -0.144. The van der Waals surface area contributed by atoms with E-state index in [1.54, 1.807) is 12.1 Å². The molecule has 3 fully saturated rings. The Kier molecular flexibility index (Phi) is 4.80. The van der Waals surface area contributed by atoms with Crippen molar-refractivity contribution in [2.24, 2.45) is 5.92 Å². The Morgan fingerprint density at radius 1 is 1.00 bits per heavy atom. The highest BCUT2D eigenvalue weighted by Gasteiger charge is 2.57. The highest BCUT2D eigenvalue weighted by atomic mass is 16.2. The summed E-state index contributed by atoms with van der Waals surface area (Å²) >= 11 is 0. The Bertz CT molecular complexity index is 1260. The molecule has 3 aliphatic heterocycles. The molecule has 3 unspecified atom stereocenters. The van der Waals surface area contributed by atoms with Crippen LogP contribution < -0.4 is 5.56 Å². The normalized spacial score (nSPS) is 28.3. The Labute approximate surface area is 198 Å². The van der Waals surface area contributed by atoms with Gasteiger partial charge in [0, 0.05) is 56.2 Å². The number of rotatable bonds is 4. The van der Waals surface area contributed by atoms with Crippen molar-refractivity contribution in [3.05, 3.63) is 69.6 Å². The number of piperidine rings is 1. The maximum atomic E-state index is 13.8. The first-order chi connectivity index (χ1) is 16.4. The zero-order chi connectivity index (χ0) is 23.6. The van der Waals surface area contributed by atoms with E-state index in [2.05, 4.69) is 0 Å². The van der Waals surface area contributed by atoms with Gasteiger partial charge in [0.15, 0.2) is 0 Å². The van der Waals surface area contributed by atoms with Gasteiger partial charge in [0.2, 0.25) is 17.7 Å². The monoisotopic (exact) mass is 459 g/mol. The second kappa shape index (κ2) is 7.65. The molecule has 3 atom stereocenters. The first-order valence-corrected chi connectivity index (χ1v) is 12.3. The third-order valence-corrected chi connectivity index (χ3v) is 8.21. The van der Waals surface area contributed by atoms with Crippen LogP contribution in [0.5, 0.6) is 0 Å². The maximum Gasteiger partial charge on any atom is 0.250 e. The van der Waals surface area contributed by atoms with Crippen molar-refractivity contribution in [3.8, 4) is 0 Å². The molecule has 6 rings (SSSR count). The smallest absolute Gasteiger partial charge is 0.250 e. The van der Waals surface area contributed by atoms with Gasteiger partial charge in [-0.1, -0.05) is 30.3 Å². The summed E-state index contributed by atoms with van der Waals surface area (Å²) in [4.78, 5) is 56.2. The number of fused-ring (bicyclic) bond motifs is 4. The first kappa shape index (κ1) is 21.3. The van der Waals surface area contributed by atoms with Crippen LogP contribution in [-0.4, -0.2) is 51.2 Å². The van der Waals surface area contributed by atoms with Gasteiger partial charge in [0.05, 0.1) is 5.41 Å². The average Bonchev–Trinajstić information content (AvgIpc) is 3.61. The minimum absolute atomic E-state index is 0.00663. The Balaban J connectivity index is 1.32. The molecule has 0 N–H and O–H groups in total. The molecule has 1 aromatic heterocycles. The number of nitrogens with zero attached hydrogens (tertiary/aromatic N) is 3. The largest absolute Gasteiger partial charge is 0.342 e. The summed E-state index contributed by atoms with van der Waals surface area (Å²) in [6, 6.07) is 13.0. The number of carbonyl (C=O) groups excluding carboxylic acids is 3. The summed E-state index contributed by atoms with van der Waals surface area (Å²) in [5.41, 5.74) is 1.59. The van der Waals surface area contributed by atoms with Crippen LogP contribution in [0.1, 0.15) is 54.8 Å². The minimum Gasteiger partial charge on any atom is -0.342 e. The van der Waals surface area contributed by atoms with Crippen LogP contribution in [0.25, 0.3) is 0 Å². The summed E-state index contributed by atoms with van der Waals surface area (Å²) in [6.45, 7) is 3.68. The highest BCUT2D eigenvalue weighted by molar-refractivity contribution is 6.11. The number of benzene rings is 1. The van der Waals surface area contributed by atoms with Crippen molar-refractivity contribution in [1.82, 2.24) is 14.4 Å². The number of pyridine rings is 1. The molecule has 7 heteroatoms. The number of likely N-dealkylation sites (tertiary alicyclic amines) is 2. The van der Waals surface area contributed by atoms with Crippen molar-refractivity contribution in [2.45, 2.75) is 62.9 Å². The third kappa shape index (κ3) is 3.24. The maximum absolute atomic E-state index is 13.8. The number of hydrogen-bond acceptors (Lipinski definition) is 4. The lowest BCUT2D eigenvalue weighted by atomic mass is 9.73. The summed E-state index contributed by atoms with van der Waals surface area (Å²) in [5.74, 6) is -0.121. The molecule has 4 aliphatic rings. The molecule has 0 spiro atoms. The topological polar surface area (TPSA) is 79.7 Å². The molecule has 34 heavy (non-hydrogen) atoms. The van der Waals surface area contributed by atoms with E-state index in [0.29, 0.717) is 19.6 Å². The van der Waals surface area contributed by atoms with Gasteiger partial charge in [-0.3, -0.25) is 24.1 Å². The number of hydrogen-bond donors (Lipinski definition) is 0. The van der Waals surface area contributed by atoms with E-state index in [9.17, 15) is 19.2 Å². The zero-order valence-corrected chi connectivity index (χ0v) is 19.4. The van der Waals surface area contributed by atoms with Gasteiger partial charge in [0.25, 0.3) is 5.56 Å². The van der Waals surface area contributed by atoms with Gasteiger partial charge in [0.1, 0.15) is 0 Å². The molecule has 1 aromatic carbocycles. The lowest BCUT2D eigenvalue weighted by Crippen LogP contribution is -2.51. The van der Waals surface area contributed by atoms with Crippen LogP contribution in [-0.2, 0) is 26.3 Å². The second-order valence-corrected chi connectivity index (χ2v) is 10.5. The fraction of sp³-hybridized carbons (Fsp3) is 0.481. The van der Waals surface area contributed by atoms with E-state index >= 15 is 0 Å². The molecule has 1 saturated carbocycles. The molecule has 1 aliphatic carbocycles. The fourth-order valence-electron chi connectivity index (χ4n) is 6.49. The van der Waals surface area contributed by atoms with Gasteiger partial charge >= 0.3 is 0 Å². The molecule has 7 nitrogen and oxygen atoms in total. The highest BCUT2D eigenvalue weighted by Crippen LogP contribution is 2.46. The van der Waals surface area contributed by atoms with Crippen LogP contribution in [0.4, 0.5) is 0 Å². The molecule has 3 amide bonds. The van der Waals surface area contributed by atoms with Crippen molar-refractivity contribution >= 4 is 17.7 Å². The first-order valence-electron chi connectivity index (χ1n) is 12.3. The van der Waals surface area contributed by atoms with Crippen LogP contribution in [0.3, 0.4) is 0 Å². The van der Waals surface area contributed by atoms with E-state index in [4.69, 9.17) is 0 Å². The number of carbonyl (C=O) groups is 3. The number of imide groups is 1. The predicted molar refractivity (Wildman–Crippen MR) is 125 cm³/mol. The van der Waals surface area contributed by atoms with Gasteiger partial charge < -0.3 is 9.47 Å². The van der Waals surface area contributed by atoms with E-state index in [1.807, 2.05) is 46.7 Å². The van der Waals surface area contributed by atoms with Crippen LogP contribution >= 0.6 is 0 Å². The van der Waals surface area contributed by atoms with E-state index in [1.165, 1.54) is 4.90 Å². The SMILES string of the molecule is Cc1ccccc1C1(CC(=O)N2CC3CC(C2)c2cccc(=O)n2C3)CC(=O)N(C2CC2)C1=O. The third-order valence-electron chi connectivity index (χ3n) is 8.21. The minimum atomic E-state index is -1.14. The molecule has 2 bridgehead atoms. The summed E-state index contributed by atoms with van der Waals surface area (Å²) < 4.78 is 1.85. The van der Waals surface area contributed by atoms with Crippen molar-refractivity contribution in [3.63, 3.8) is 0 Å². The van der Waals surface area contributed by atoms with Crippen molar-refractivity contribution < 1.29 is 14.4 Å². The molecule has 4 heterocycles. The van der Waals surface area contributed by atoms with Crippen molar-refractivity contribution in [2.75, 3.05) is 13.1 Å². The average molecular weight is 460 g/mol. The summed E-state index contributed by atoms with van der Waals surface area (Å²) in [6.07, 6.45) is 2.72. The Morgan fingerprint density at radius 3 is 2.56 bits per heavy atom. The van der Waals surface area contributed by atoms with E-state index < -0.39 is 5.41 Å². The Morgan fingerprint density at radius 2 is 1.79 bits per heavy atom. The molecule has 176 valence electrons. The molecule has 2 aromatic rings. The fourth-order valence-corrected chi connectivity index (χ4v) is 6.49. The summed E-state index contributed by atoms with van der Waals surface area (Å²) in [7, 11) is 0. The predicted octanol–water partition coefficient (Wildman–Crippen LogP) is 2.35. The number of aryl methyl sites for hydroxylation is 1. The molecular formula is C27H29N3O4. The molecular weight excluding hydrogens is 430 g/mol. The lowest BCUT2D eigenvalue weighted by Gasteiger charge is -2.43. The number of aromatic nitrogens is 1. The van der Waals surface area contributed by atoms with Gasteiger partial charge in [-0.15, -0.1) is 0 Å². The van der Waals surface area contributed by atoms with Crippen LogP contribution in [0, 0.1) is 12.8 Å². The molecule has 2 saturated heterocycles. The van der Waals surface area contributed by atoms with Gasteiger partial charge in [-0.05, 0) is 49.3 Å². The quantitative estimate of drug-likeness (QED) is 0.658. The van der Waals surface area contributed by atoms with Crippen LogP contribution in [0.2, 0.25) is 0 Å². The van der Waals surface area contributed by atoms with Gasteiger partial charge in [-0.25, -0.2) is 0 Å². The number of amides is 3. The Hall–Kier alpha value is -3.22. The zero-order valence-electron chi connectivity index (χ0n) is 19.4. The van der Waals surface area contributed by atoms with Crippen molar-refractivity contribution in [1.29, 1.82) is 0 Å². The van der Waals surface area contributed by atoms with E-state index in [0.717, 1.165) is 36.1 Å². The van der Waals surface area contributed by atoms with Gasteiger partial charge in [-0.2, -0.15) is 0 Å². The summed E-state index contributed by atoms with van der Waals surface area (Å²) in [5, 5.41) is 0. The second-order valence-electron chi connectivity index (χ2n) is 10.5. The van der Waals surface area contributed by atoms with E-state index in [-0.39, 0.29) is 54.0 Å².